The molecule has 2 fully saturated rings. The summed E-state index contributed by atoms with van der Waals surface area (Å²) in [5, 5.41) is 10.0. The number of halogens is 1. The lowest BCUT2D eigenvalue weighted by molar-refractivity contribution is 0.0559. The Morgan fingerprint density at radius 2 is 1.57 bits per heavy atom. The van der Waals surface area contributed by atoms with E-state index < -0.39 is 0 Å². The molecular weight excluding hydrogens is 412 g/mol. The lowest BCUT2D eigenvalue weighted by atomic mass is 9.93. The Balaban J connectivity index is 0.00000225. The summed E-state index contributed by atoms with van der Waals surface area (Å²) in [6.07, 6.45) is 8.01. The minimum atomic E-state index is 0. The molecule has 4 heteroatoms. The van der Waals surface area contributed by atoms with Crippen molar-refractivity contribution in [3.8, 4) is 5.75 Å². The Kier molecular flexibility index (Phi) is 7.95. The first kappa shape index (κ1) is 21.4. The van der Waals surface area contributed by atoms with E-state index in [9.17, 15) is 5.11 Å². The number of hydrogen-bond acceptors (Lipinski definition) is 3. The molecule has 4 rings (SSSR count). The first-order valence-electron chi connectivity index (χ1n) is 10.6. The van der Waals surface area contributed by atoms with Gasteiger partial charge in [-0.3, -0.25) is 9.80 Å². The fourth-order valence-electron chi connectivity index (χ4n) is 4.89. The highest BCUT2D eigenvalue weighted by atomic mass is 79.9. The van der Waals surface area contributed by atoms with Crippen LogP contribution in [-0.2, 0) is 6.42 Å². The minimum Gasteiger partial charge on any atom is -0.508 e. The Hall–Kier alpha value is -1.36. The predicted octanol–water partition coefficient (Wildman–Crippen LogP) is 5.20. The molecule has 0 amide bonds. The molecule has 0 radical (unpaired) electrons. The largest absolute Gasteiger partial charge is 0.508 e. The normalized spacial score (nSPS) is 20.4. The highest BCUT2D eigenvalue weighted by Gasteiger charge is 2.29. The van der Waals surface area contributed by atoms with Crippen LogP contribution >= 0.6 is 17.0 Å². The van der Waals surface area contributed by atoms with Gasteiger partial charge in [-0.2, -0.15) is 0 Å². The molecule has 1 saturated heterocycles. The number of rotatable bonds is 5. The molecule has 2 aliphatic rings. The van der Waals surface area contributed by atoms with Crippen LogP contribution in [0.4, 0.5) is 0 Å². The van der Waals surface area contributed by atoms with E-state index in [4.69, 9.17) is 0 Å². The summed E-state index contributed by atoms with van der Waals surface area (Å²) < 4.78 is 0. The Bertz CT molecular complexity index is 710. The van der Waals surface area contributed by atoms with Gasteiger partial charge in [-0.05, 0) is 42.5 Å². The monoisotopic (exact) mass is 444 g/mol. The topological polar surface area (TPSA) is 26.7 Å². The summed E-state index contributed by atoms with van der Waals surface area (Å²) in [6.45, 7) is 4.58. The fourth-order valence-corrected chi connectivity index (χ4v) is 4.89. The van der Waals surface area contributed by atoms with Crippen molar-refractivity contribution in [1.82, 2.24) is 9.80 Å². The highest BCUT2D eigenvalue weighted by molar-refractivity contribution is 8.93. The zero-order valence-corrected chi connectivity index (χ0v) is 18.4. The molecule has 2 aromatic rings. The quantitative estimate of drug-likeness (QED) is 0.685. The van der Waals surface area contributed by atoms with Crippen LogP contribution in [0.1, 0.15) is 49.3 Å². The van der Waals surface area contributed by atoms with Crippen molar-refractivity contribution >= 4 is 17.0 Å². The van der Waals surface area contributed by atoms with Gasteiger partial charge in [-0.1, -0.05) is 61.7 Å². The highest BCUT2D eigenvalue weighted by Crippen LogP contribution is 2.30. The summed E-state index contributed by atoms with van der Waals surface area (Å²) in [5.41, 5.74) is 2.59. The molecule has 1 saturated carbocycles. The lowest BCUT2D eigenvalue weighted by Crippen LogP contribution is -2.51. The SMILES string of the molecule is Br.Oc1cccc(C(Cc2ccccc2)N2CCN(C3CCCCC3)CC2)c1. The van der Waals surface area contributed by atoms with Gasteiger partial charge in [0.1, 0.15) is 5.75 Å². The third-order valence-corrected chi connectivity index (χ3v) is 6.41. The molecular formula is C24H33BrN2O. The van der Waals surface area contributed by atoms with Crippen LogP contribution in [0.2, 0.25) is 0 Å². The van der Waals surface area contributed by atoms with E-state index >= 15 is 0 Å². The third kappa shape index (κ3) is 5.37. The number of hydrogen-bond donors (Lipinski definition) is 1. The van der Waals surface area contributed by atoms with Crippen molar-refractivity contribution in [2.75, 3.05) is 26.2 Å². The molecule has 2 aromatic carbocycles. The third-order valence-electron chi connectivity index (χ3n) is 6.41. The second-order valence-electron chi connectivity index (χ2n) is 8.16. The van der Waals surface area contributed by atoms with Crippen molar-refractivity contribution in [2.45, 2.75) is 50.6 Å². The van der Waals surface area contributed by atoms with E-state index in [2.05, 4.69) is 46.2 Å². The van der Waals surface area contributed by atoms with E-state index in [1.54, 1.807) is 6.07 Å². The second kappa shape index (κ2) is 10.4. The molecule has 152 valence electrons. The van der Waals surface area contributed by atoms with Crippen LogP contribution in [-0.4, -0.2) is 47.1 Å². The van der Waals surface area contributed by atoms with Crippen molar-refractivity contribution < 1.29 is 5.11 Å². The molecule has 0 spiro atoms. The molecule has 28 heavy (non-hydrogen) atoms. The van der Waals surface area contributed by atoms with Crippen molar-refractivity contribution in [3.63, 3.8) is 0 Å². The maximum atomic E-state index is 10.0. The van der Waals surface area contributed by atoms with Gasteiger partial charge in [-0.25, -0.2) is 0 Å². The zero-order valence-electron chi connectivity index (χ0n) is 16.7. The zero-order chi connectivity index (χ0) is 18.5. The molecule has 1 aliphatic carbocycles. The Labute approximate surface area is 180 Å². The molecule has 1 unspecified atom stereocenters. The number of benzene rings is 2. The first-order chi connectivity index (χ1) is 13.3. The predicted molar refractivity (Wildman–Crippen MR) is 121 cm³/mol. The van der Waals surface area contributed by atoms with Gasteiger partial charge in [0.05, 0.1) is 0 Å². The summed E-state index contributed by atoms with van der Waals surface area (Å²) in [4.78, 5) is 5.36. The van der Waals surface area contributed by atoms with Crippen molar-refractivity contribution in [3.05, 3.63) is 65.7 Å². The van der Waals surface area contributed by atoms with E-state index in [0.717, 1.165) is 25.6 Å². The average Bonchev–Trinajstić information content (AvgIpc) is 2.74. The van der Waals surface area contributed by atoms with Crippen LogP contribution in [0.5, 0.6) is 5.75 Å². The van der Waals surface area contributed by atoms with Crippen LogP contribution in [0.25, 0.3) is 0 Å². The van der Waals surface area contributed by atoms with Gasteiger partial charge in [0, 0.05) is 38.3 Å². The van der Waals surface area contributed by atoms with Crippen molar-refractivity contribution in [2.24, 2.45) is 0 Å². The Morgan fingerprint density at radius 3 is 2.25 bits per heavy atom. The molecule has 3 nitrogen and oxygen atoms in total. The van der Waals surface area contributed by atoms with E-state index in [1.807, 2.05) is 12.1 Å². The second-order valence-corrected chi connectivity index (χ2v) is 8.16. The maximum absolute atomic E-state index is 10.0. The van der Waals surface area contributed by atoms with Crippen LogP contribution < -0.4 is 0 Å². The number of nitrogens with zero attached hydrogens (tertiary/aromatic N) is 2. The number of aromatic hydroxyl groups is 1. The number of phenols is 1. The molecule has 1 aliphatic heterocycles. The van der Waals surface area contributed by atoms with Crippen LogP contribution in [0.15, 0.2) is 54.6 Å². The van der Waals surface area contributed by atoms with E-state index in [-0.39, 0.29) is 17.0 Å². The molecule has 1 heterocycles. The molecule has 0 bridgehead atoms. The first-order valence-corrected chi connectivity index (χ1v) is 10.6. The van der Waals surface area contributed by atoms with E-state index in [1.165, 1.54) is 56.3 Å². The summed E-state index contributed by atoms with van der Waals surface area (Å²) in [6, 6.07) is 19.7. The van der Waals surface area contributed by atoms with Crippen molar-refractivity contribution in [1.29, 1.82) is 0 Å². The summed E-state index contributed by atoms with van der Waals surface area (Å²) in [7, 11) is 0. The molecule has 1 N–H and O–H groups in total. The fraction of sp³-hybridized carbons (Fsp3) is 0.500. The van der Waals surface area contributed by atoms with Gasteiger partial charge >= 0.3 is 0 Å². The van der Waals surface area contributed by atoms with Crippen LogP contribution in [0, 0.1) is 0 Å². The summed E-state index contributed by atoms with van der Waals surface area (Å²) >= 11 is 0. The Morgan fingerprint density at radius 1 is 0.857 bits per heavy atom. The number of piperazine rings is 1. The van der Waals surface area contributed by atoms with Gasteiger partial charge in [0.15, 0.2) is 0 Å². The maximum Gasteiger partial charge on any atom is 0.115 e. The summed E-state index contributed by atoms with van der Waals surface area (Å²) in [5.74, 6) is 0.367. The van der Waals surface area contributed by atoms with E-state index in [0.29, 0.717) is 11.8 Å². The number of phenolic OH excluding ortho intramolecular Hbond substituents is 1. The standard InChI is InChI=1S/C24H32N2O.BrH/c27-23-13-7-10-21(19-23)24(18-20-8-3-1-4-9-20)26-16-14-25(15-17-26)22-11-5-2-6-12-22;/h1,3-4,7-10,13,19,22,24,27H,2,5-6,11-12,14-18H2;1H. The van der Waals surface area contributed by atoms with Gasteiger partial charge in [0.2, 0.25) is 0 Å². The minimum absolute atomic E-state index is 0. The average molecular weight is 445 g/mol. The van der Waals surface area contributed by atoms with Gasteiger partial charge in [-0.15, -0.1) is 17.0 Å². The molecule has 0 aromatic heterocycles. The molecule has 1 atom stereocenters. The lowest BCUT2D eigenvalue weighted by Gasteiger charge is -2.43. The smallest absolute Gasteiger partial charge is 0.115 e. The van der Waals surface area contributed by atoms with Gasteiger partial charge < -0.3 is 5.11 Å². The van der Waals surface area contributed by atoms with Crippen LogP contribution in [0.3, 0.4) is 0 Å². The van der Waals surface area contributed by atoms with Gasteiger partial charge in [0.25, 0.3) is 0 Å².